The Hall–Kier alpha value is -2.86. The van der Waals surface area contributed by atoms with Gasteiger partial charge in [-0.15, -0.1) is 0 Å². The van der Waals surface area contributed by atoms with Crippen LogP contribution in [-0.4, -0.2) is 44.1 Å². The van der Waals surface area contributed by atoms with E-state index in [9.17, 15) is 13.6 Å². The summed E-state index contributed by atoms with van der Waals surface area (Å²) < 4.78 is 37.9. The van der Waals surface area contributed by atoms with E-state index in [-0.39, 0.29) is 31.1 Å². The Kier molecular flexibility index (Phi) is 11.4. The largest absolute Gasteiger partial charge is 0.490 e. The summed E-state index contributed by atoms with van der Waals surface area (Å²) in [7, 11) is 0. The van der Waals surface area contributed by atoms with Gasteiger partial charge in [-0.3, -0.25) is 0 Å². The second kappa shape index (κ2) is 13.4. The van der Waals surface area contributed by atoms with Gasteiger partial charge in [0.05, 0.1) is 31.8 Å². The van der Waals surface area contributed by atoms with Crippen molar-refractivity contribution in [3.63, 3.8) is 0 Å². The zero-order valence-electron chi connectivity index (χ0n) is 16.8. The maximum absolute atomic E-state index is 13.9. The number of nitrogens with zero attached hydrogens (tertiary/aromatic N) is 1. The molecule has 1 aliphatic rings. The third kappa shape index (κ3) is 7.10. The molecule has 0 spiro atoms. The van der Waals surface area contributed by atoms with E-state index in [0.717, 1.165) is 17.2 Å². The number of carbonyl (C=O) groups excluding carboxylic acids is 2. The normalized spacial score (nSPS) is 17.3. The Labute approximate surface area is 184 Å². The predicted octanol–water partition coefficient (Wildman–Crippen LogP) is 3.62. The molecule has 6 nitrogen and oxygen atoms in total. The van der Waals surface area contributed by atoms with Crippen molar-refractivity contribution in [2.45, 2.75) is 18.9 Å². The number of aryl methyl sites for hydroxylation is 1. The van der Waals surface area contributed by atoms with Crippen LogP contribution in [0.1, 0.15) is 17.0 Å². The molecule has 0 aromatic heterocycles. The van der Waals surface area contributed by atoms with Crippen molar-refractivity contribution >= 4 is 24.7 Å². The van der Waals surface area contributed by atoms with Crippen LogP contribution in [0, 0.1) is 35.8 Å². The van der Waals surface area contributed by atoms with Crippen LogP contribution in [0.25, 0.3) is 0 Å². The fourth-order valence-corrected chi connectivity index (χ4v) is 3.04. The number of carbonyl (C=O) groups is 2. The van der Waals surface area contributed by atoms with Crippen LogP contribution in [0.5, 0.6) is 5.75 Å². The number of aliphatic hydroxyl groups is 1. The van der Waals surface area contributed by atoms with E-state index in [1.54, 1.807) is 0 Å². The molecule has 2 aromatic rings. The van der Waals surface area contributed by atoms with Gasteiger partial charge in [-0.25, -0.2) is 8.78 Å². The minimum Gasteiger partial charge on any atom is -0.490 e. The lowest BCUT2D eigenvalue weighted by Crippen LogP contribution is -2.38. The van der Waals surface area contributed by atoms with Gasteiger partial charge in [0.2, 0.25) is 0 Å². The molecule has 0 bridgehead atoms. The Bertz CT molecular complexity index is 868. The number of ether oxygens (including phenoxy) is 2. The van der Waals surface area contributed by atoms with Crippen molar-refractivity contribution in [3.05, 3.63) is 64.2 Å². The number of hydrogen-bond acceptors (Lipinski definition) is 6. The molecular weight excluding hydrogens is 432 g/mol. The fraction of sp³-hybridized carbons (Fsp3) is 0.318. The molecule has 2 unspecified atom stereocenters. The van der Waals surface area contributed by atoms with Crippen LogP contribution in [0.4, 0.5) is 8.78 Å². The summed E-state index contributed by atoms with van der Waals surface area (Å²) >= 11 is 5.61. The van der Waals surface area contributed by atoms with Gasteiger partial charge in [0.25, 0.3) is 0 Å². The summed E-state index contributed by atoms with van der Waals surface area (Å²) in [4.78, 5) is 19.3. The van der Waals surface area contributed by atoms with Gasteiger partial charge in [0.1, 0.15) is 18.9 Å². The van der Waals surface area contributed by atoms with Gasteiger partial charge in [-0.1, -0.05) is 29.3 Å². The number of benzene rings is 2. The average Bonchev–Trinajstić information content (AvgIpc) is 2.80. The van der Waals surface area contributed by atoms with E-state index in [1.807, 2.05) is 44.0 Å². The van der Waals surface area contributed by atoms with E-state index in [2.05, 4.69) is 0 Å². The van der Waals surface area contributed by atoms with Crippen LogP contribution in [0.3, 0.4) is 0 Å². The maximum atomic E-state index is 13.9. The summed E-state index contributed by atoms with van der Waals surface area (Å²) in [6.45, 7) is 3.49. The molecule has 0 saturated heterocycles. The highest BCUT2D eigenvalue weighted by molar-refractivity contribution is 6.30. The minimum absolute atomic E-state index is 0.0984. The van der Waals surface area contributed by atoms with Gasteiger partial charge in [0, 0.05) is 16.5 Å². The smallest absolute Gasteiger partial charge is 0.165 e. The van der Waals surface area contributed by atoms with Gasteiger partial charge >= 0.3 is 0 Å². The summed E-state index contributed by atoms with van der Waals surface area (Å²) in [5.41, 5.74) is 1.04. The lowest BCUT2D eigenvalue weighted by molar-refractivity contribution is -0.112. The lowest BCUT2D eigenvalue weighted by atomic mass is 9.81. The van der Waals surface area contributed by atoms with Crippen molar-refractivity contribution in [2.75, 3.05) is 19.8 Å². The van der Waals surface area contributed by atoms with Crippen LogP contribution in [0.15, 0.2) is 36.4 Å². The van der Waals surface area contributed by atoms with E-state index >= 15 is 0 Å². The Balaban J connectivity index is 0.000000400. The van der Waals surface area contributed by atoms with E-state index in [4.69, 9.17) is 36.2 Å². The first kappa shape index (κ1) is 26.2. The maximum Gasteiger partial charge on any atom is 0.165 e. The zero-order valence-corrected chi connectivity index (χ0v) is 17.5. The molecule has 3 rings (SSSR count). The molecule has 0 aliphatic carbocycles. The first-order valence-corrected chi connectivity index (χ1v) is 9.49. The van der Waals surface area contributed by atoms with Gasteiger partial charge in [0.15, 0.2) is 17.7 Å². The van der Waals surface area contributed by atoms with Gasteiger partial charge in [-0.2, -0.15) is 5.26 Å². The number of fused-ring (bicyclic) bond motifs is 1. The molecule has 0 amide bonds. The standard InChI is InChI=1S/C14H13F2NO4.C7H7Cl.CH2O/c15-10-1-2-11(16)14-13(10)8(6-19)9(7-21-14)12(5-17)20-4-3-18;1-6-2-4-7(8)5-3-6;1-2/h1-2,6,8-9,12,18H,3-4,7H2;2-5H,1H3;1H2/t8?,9?,12-;;/m1../s1. The molecule has 0 radical (unpaired) electrons. The highest BCUT2D eigenvalue weighted by Crippen LogP contribution is 2.41. The van der Waals surface area contributed by atoms with Gasteiger partial charge in [-0.05, 0) is 31.2 Å². The number of aliphatic hydroxyl groups excluding tert-OH is 1. The van der Waals surface area contributed by atoms with Crippen molar-refractivity contribution < 1.29 is 33.0 Å². The summed E-state index contributed by atoms with van der Waals surface area (Å²) in [5, 5.41) is 18.6. The third-order valence-corrected chi connectivity index (χ3v) is 4.62. The topological polar surface area (TPSA) is 96.6 Å². The van der Waals surface area contributed by atoms with Crippen LogP contribution < -0.4 is 4.74 Å². The summed E-state index contributed by atoms with van der Waals surface area (Å²) in [6.07, 6.45) is -0.607. The Morgan fingerprint density at radius 3 is 2.42 bits per heavy atom. The third-order valence-electron chi connectivity index (χ3n) is 4.37. The fourth-order valence-electron chi connectivity index (χ4n) is 2.92. The number of rotatable bonds is 5. The number of hydrogen-bond donors (Lipinski definition) is 1. The molecule has 1 N–H and O–H groups in total. The predicted molar refractivity (Wildman–Crippen MR) is 110 cm³/mol. The van der Waals surface area contributed by atoms with Crippen LogP contribution in [0.2, 0.25) is 5.02 Å². The number of halogens is 3. The van der Waals surface area contributed by atoms with Crippen LogP contribution in [-0.2, 0) is 14.3 Å². The Morgan fingerprint density at radius 1 is 1.29 bits per heavy atom. The number of aldehydes is 1. The van der Waals surface area contributed by atoms with Crippen molar-refractivity contribution in [1.82, 2.24) is 0 Å². The second-order valence-corrected chi connectivity index (χ2v) is 6.78. The molecule has 0 saturated carbocycles. The first-order chi connectivity index (χ1) is 14.9. The monoisotopic (exact) mass is 453 g/mol. The van der Waals surface area contributed by atoms with Crippen LogP contribution >= 0.6 is 11.6 Å². The van der Waals surface area contributed by atoms with Gasteiger partial charge < -0.3 is 24.2 Å². The molecule has 31 heavy (non-hydrogen) atoms. The second-order valence-electron chi connectivity index (χ2n) is 6.35. The van der Waals surface area contributed by atoms with Crippen molar-refractivity contribution in [3.8, 4) is 11.8 Å². The average molecular weight is 454 g/mol. The summed E-state index contributed by atoms with van der Waals surface area (Å²) in [6, 6.07) is 11.4. The lowest BCUT2D eigenvalue weighted by Gasteiger charge is -2.33. The highest BCUT2D eigenvalue weighted by Gasteiger charge is 2.40. The molecule has 2 aromatic carbocycles. The highest BCUT2D eigenvalue weighted by atomic mass is 35.5. The SMILES string of the molecule is C=O.Cc1ccc(Cl)cc1.N#C[C@@H](OCCO)C1COc2c(F)ccc(F)c2C1C=O. The Morgan fingerprint density at radius 2 is 1.90 bits per heavy atom. The van der Waals surface area contributed by atoms with Crippen molar-refractivity contribution in [1.29, 1.82) is 5.26 Å². The number of nitriles is 1. The molecule has 0 fully saturated rings. The minimum atomic E-state index is -1.07. The zero-order chi connectivity index (χ0) is 23.4. The van der Waals surface area contributed by atoms with E-state index in [1.165, 1.54) is 5.56 Å². The molecule has 1 heterocycles. The summed E-state index contributed by atoms with van der Waals surface area (Å²) in [5.74, 6) is -3.66. The van der Waals surface area contributed by atoms with Crippen molar-refractivity contribution in [2.24, 2.45) is 5.92 Å². The first-order valence-electron chi connectivity index (χ1n) is 9.12. The molecule has 9 heteroatoms. The van der Waals surface area contributed by atoms with E-state index < -0.39 is 29.6 Å². The molecule has 1 aliphatic heterocycles. The molecule has 3 atom stereocenters. The quantitative estimate of drug-likeness (QED) is 0.694. The molecular formula is C22H22ClF2NO5. The molecule has 166 valence electrons. The van der Waals surface area contributed by atoms with E-state index in [0.29, 0.717) is 6.29 Å².